The molecule has 7 heteroatoms. The van der Waals surface area contributed by atoms with Gasteiger partial charge in [-0.25, -0.2) is 14.4 Å². The molecule has 0 unspecified atom stereocenters. The maximum Gasteiger partial charge on any atom is 0.219 e. The van der Waals surface area contributed by atoms with Gasteiger partial charge in [0.05, 0.1) is 12.7 Å². The summed E-state index contributed by atoms with van der Waals surface area (Å²) in [5.41, 5.74) is 1.23. The maximum atomic E-state index is 13.4. The zero-order valence-corrected chi connectivity index (χ0v) is 12.7. The molecule has 0 amide bonds. The summed E-state index contributed by atoms with van der Waals surface area (Å²) in [4.78, 5) is 19.8. The summed E-state index contributed by atoms with van der Waals surface area (Å²) in [6.45, 7) is 1.86. The van der Waals surface area contributed by atoms with Crippen molar-refractivity contribution in [1.29, 1.82) is 0 Å². The van der Waals surface area contributed by atoms with Crippen LogP contribution < -0.4 is 9.64 Å². The van der Waals surface area contributed by atoms with Crippen LogP contribution in [0.25, 0.3) is 0 Å². The summed E-state index contributed by atoms with van der Waals surface area (Å²) < 4.78 is 18.5. The number of aromatic hydroxyl groups is 1. The normalized spacial score (nSPS) is 11.2. The molecule has 1 heterocycles. The van der Waals surface area contributed by atoms with Crippen LogP contribution in [0.15, 0.2) is 42.6 Å². The second-order valence-corrected chi connectivity index (χ2v) is 4.75. The minimum absolute atomic E-state index is 0.109. The second-order valence-electron chi connectivity index (χ2n) is 4.75. The number of aromatic nitrogens is 2. The third-order valence-electron chi connectivity index (χ3n) is 3.21. The van der Waals surface area contributed by atoms with Crippen LogP contribution in [0.5, 0.6) is 11.6 Å². The van der Waals surface area contributed by atoms with Crippen molar-refractivity contribution in [2.75, 3.05) is 12.0 Å². The van der Waals surface area contributed by atoms with E-state index in [2.05, 4.69) is 9.97 Å². The van der Waals surface area contributed by atoms with Gasteiger partial charge in [0.15, 0.2) is 12.1 Å². The molecular weight excluding hydrogens is 301 g/mol. The van der Waals surface area contributed by atoms with E-state index in [1.807, 2.05) is 12.1 Å². The number of allylic oxidation sites excluding steroid dienone is 1. The SMILES string of the molecule is COc1ccc(CN(/C=C(\F)C=O)c2ncnc(O)c2C)cc1. The second kappa shape index (κ2) is 7.35. The monoisotopic (exact) mass is 317 g/mol. The van der Waals surface area contributed by atoms with Crippen LogP contribution in [0, 0.1) is 6.92 Å². The summed E-state index contributed by atoms with van der Waals surface area (Å²) in [5.74, 6) is -0.137. The van der Waals surface area contributed by atoms with E-state index in [9.17, 15) is 14.3 Å². The molecular formula is C16H16FN3O3. The highest BCUT2D eigenvalue weighted by Gasteiger charge is 2.14. The molecule has 1 N–H and O–H groups in total. The van der Waals surface area contributed by atoms with Gasteiger partial charge < -0.3 is 14.7 Å². The van der Waals surface area contributed by atoms with Crippen molar-refractivity contribution in [2.45, 2.75) is 13.5 Å². The molecule has 0 radical (unpaired) electrons. The van der Waals surface area contributed by atoms with E-state index in [-0.39, 0.29) is 18.7 Å². The Morgan fingerprint density at radius 2 is 2.04 bits per heavy atom. The Bertz CT molecular complexity index is 717. The molecule has 0 fully saturated rings. The highest BCUT2D eigenvalue weighted by atomic mass is 19.1. The number of nitrogens with zero attached hydrogens (tertiary/aromatic N) is 3. The van der Waals surface area contributed by atoms with E-state index < -0.39 is 5.83 Å². The molecule has 0 atom stereocenters. The lowest BCUT2D eigenvalue weighted by molar-refractivity contribution is -0.106. The highest BCUT2D eigenvalue weighted by Crippen LogP contribution is 2.25. The lowest BCUT2D eigenvalue weighted by Gasteiger charge is -2.21. The molecule has 6 nitrogen and oxygen atoms in total. The first-order valence-electron chi connectivity index (χ1n) is 6.77. The van der Waals surface area contributed by atoms with E-state index in [0.717, 1.165) is 11.8 Å². The van der Waals surface area contributed by atoms with Gasteiger partial charge in [-0.2, -0.15) is 0 Å². The third kappa shape index (κ3) is 4.03. The Kier molecular flexibility index (Phi) is 5.24. The number of aldehydes is 1. The van der Waals surface area contributed by atoms with E-state index >= 15 is 0 Å². The first kappa shape index (κ1) is 16.4. The molecule has 23 heavy (non-hydrogen) atoms. The predicted molar refractivity (Wildman–Crippen MR) is 82.9 cm³/mol. The van der Waals surface area contributed by atoms with Gasteiger partial charge in [-0.05, 0) is 24.6 Å². The predicted octanol–water partition coefficient (Wildman–Crippen LogP) is 2.52. The number of methoxy groups -OCH3 is 1. The van der Waals surface area contributed by atoms with E-state index in [0.29, 0.717) is 17.1 Å². The van der Waals surface area contributed by atoms with Crippen LogP contribution in [0.4, 0.5) is 10.2 Å². The lowest BCUT2D eigenvalue weighted by atomic mass is 10.2. The number of hydrogen-bond donors (Lipinski definition) is 1. The van der Waals surface area contributed by atoms with Crippen LogP contribution in [0.1, 0.15) is 11.1 Å². The van der Waals surface area contributed by atoms with Gasteiger partial charge in [-0.1, -0.05) is 12.1 Å². The molecule has 0 aliphatic rings. The van der Waals surface area contributed by atoms with Gasteiger partial charge in [0, 0.05) is 12.7 Å². The van der Waals surface area contributed by atoms with Crippen molar-refractivity contribution < 1.29 is 19.0 Å². The molecule has 2 rings (SSSR count). The summed E-state index contributed by atoms with van der Waals surface area (Å²) in [7, 11) is 1.57. The molecule has 0 aliphatic carbocycles. The van der Waals surface area contributed by atoms with E-state index in [1.54, 1.807) is 26.2 Å². The molecule has 0 bridgehead atoms. The number of anilines is 1. The minimum atomic E-state index is -0.948. The number of halogens is 1. The first-order chi connectivity index (χ1) is 11.0. The van der Waals surface area contributed by atoms with Gasteiger partial charge in [0.25, 0.3) is 0 Å². The summed E-state index contributed by atoms with van der Waals surface area (Å²) in [5, 5.41) is 9.70. The standard InChI is InChI=1S/C16H16FN3O3/c1-11-15(18-10-19-16(11)22)20(8-13(17)9-21)7-12-3-5-14(23-2)6-4-12/h3-6,8-10H,7H2,1-2H3,(H,18,19,22)/b13-8-. The van der Waals surface area contributed by atoms with Crippen LogP contribution in [-0.2, 0) is 11.3 Å². The number of benzene rings is 1. The number of hydrogen-bond acceptors (Lipinski definition) is 6. The van der Waals surface area contributed by atoms with Crippen molar-refractivity contribution in [2.24, 2.45) is 0 Å². The van der Waals surface area contributed by atoms with E-state index in [4.69, 9.17) is 4.74 Å². The number of ether oxygens (including phenoxy) is 1. The topological polar surface area (TPSA) is 75.5 Å². The third-order valence-corrected chi connectivity index (χ3v) is 3.21. The molecule has 0 aliphatic heterocycles. The molecule has 2 aromatic rings. The minimum Gasteiger partial charge on any atom is -0.497 e. The molecule has 0 saturated heterocycles. The number of carbonyl (C=O) groups excluding carboxylic acids is 1. The van der Waals surface area contributed by atoms with Gasteiger partial charge >= 0.3 is 0 Å². The molecule has 1 aromatic heterocycles. The van der Waals surface area contributed by atoms with E-state index in [1.165, 1.54) is 11.2 Å². The fraction of sp³-hybridized carbons (Fsp3) is 0.188. The summed E-state index contributed by atoms with van der Waals surface area (Å²) >= 11 is 0. The van der Waals surface area contributed by atoms with Gasteiger partial charge in [-0.15, -0.1) is 0 Å². The Balaban J connectivity index is 2.37. The van der Waals surface area contributed by atoms with Crippen molar-refractivity contribution in [3.05, 3.63) is 53.7 Å². The van der Waals surface area contributed by atoms with Crippen LogP contribution in [-0.4, -0.2) is 28.5 Å². The van der Waals surface area contributed by atoms with Crippen molar-refractivity contribution in [3.63, 3.8) is 0 Å². The van der Waals surface area contributed by atoms with Crippen LogP contribution in [0.3, 0.4) is 0 Å². The van der Waals surface area contributed by atoms with Gasteiger partial charge in [0.1, 0.15) is 17.9 Å². The van der Waals surface area contributed by atoms with Crippen molar-refractivity contribution in [1.82, 2.24) is 9.97 Å². The van der Waals surface area contributed by atoms with Gasteiger partial charge in [-0.3, -0.25) is 4.79 Å². The van der Waals surface area contributed by atoms with Crippen LogP contribution >= 0.6 is 0 Å². The average Bonchev–Trinajstić information content (AvgIpc) is 2.57. The quantitative estimate of drug-likeness (QED) is 0.652. The number of rotatable bonds is 6. The fourth-order valence-corrected chi connectivity index (χ4v) is 2.01. The smallest absolute Gasteiger partial charge is 0.219 e. The Morgan fingerprint density at radius 3 is 2.65 bits per heavy atom. The molecule has 0 spiro atoms. The van der Waals surface area contributed by atoms with Crippen molar-refractivity contribution in [3.8, 4) is 11.6 Å². The Morgan fingerprint density at radius 1 is 1.35 bits per heavy atom. The zero-order valence-electron chi connectivity index (χ0n) is 12.7. The maximum absolute atomic E-state index is 13.4. The van der Waals surface area contributed by atoms with Gasteiger partial charge in [0.2, 0.25) is 5.88 Å². The first-order valence-corrected chi connectivity index (χ1v) is 6.77. The molecule has 120 valence electrons. The largest absolute Gasteiger partial charge is 0.497 e. The molecule has 1 aromatic carbocycles. The Hall–Kier alpha value is -2.96. The number of carbonyl (C=O) groups is 1. The molecule has 0 saturated carbocycles. The fourth-order valence-electron chi connectivity index (χ4n) is 2.01. The Labute approximate surface area is 132 Å². The summed E-state index contributed by atoms with van der Waals surface area (Å²) in [6.07, 6.45) is 2.31. The highest BCUT2D eigenvalue weighted by molar-refractivity contribution is 5.71. The van der Waals surface area contributed by atoms with Crippen LogP contribution in [0.2, 0.25) is 0 Å². The van der Waals surface area contributed by atoms with Crippen molar-refractivity contribution >= 4 is 12.1 Å². The average molecular weight is 317 g/mol. The zero-order chi connectivity index (χ0) is 16.8. The lowest BCUT2D eigenvalue weighted by Crippen LogP contribution is -2.19. The summed E-state index contributed by atoms with van der Waals surface area (Å²) in [6, 6.07) is 7.18.